The number of carbonyl (C=O) groups is 2. The Hall–Kier alpha value is -4.79. The van der Waals surface area contributed by atoms with Crippen LogP contribution in [0, 0.1) is 6.92 Å². The van der Waals surface area contributed by atoms with E-state index in [2.05, 4.69) is 9.97 Å². The molecule has 9 nitrogen and oxygen atoms in total. The highest BCUT2D eigenvalue weighted by molar-refractivity contribution is 6.51. The molecular weight excluding hydrogens is 486 g/mol. The Morgan fingerprint density at radius 3 is 2.66 bits per heavy atom. The van der Waals surface area contributed by atoms with Crippen LogP contribution < -0.4 is 19.1 Å². The third-order valence-electron chi connectivity index (χ3n) is 6.98. The molecule has 0 radical (unpaired) electrons. The van der Waals surface area contributed by atoms with Gasteiger partial charge in [0, 0.05) is 12.0 Å². The van der Waals surface area contributed by atoms with Gasteiger partial charge >= 0.3 is 5.91 Å². The number of hydrogen-bond acceptors (Lipinski definition) is 7. The largest absolute Gasteiger partial charge is 0.507 e. The van der Waals surface area contributed by atoms with E-state index in [0.29, 0.717) is 41.2 Å². The first-order valence-electron chi connectivity index (χ1n) is 12.1. The van der Waals surface area contributed by atoms with Crippen LogP contribution in [0.3, 0.4) is 0 Å². The summed E-state index contributed by atoms with van der Waals surface area (Å²) in [4.78, 5) is 36.2. The van der Waals surface area contributed by atoms with E-state index in [-0.39, 0.29) is 17.3 Å². The Labute approximate surface area is 218 Å². The number of nitrogens with one attached hydrogen (secondary N) is 1. The number of nitrogens with zero attached hydrogens (tertiary/aromatic N) is 2. The Morgan fingerprint density at radius 1 is 1.05 bits per heavy atom. The molecule has 1 atom stereocenters. The smallest absolute Gasteiger partial charge is 0.302 e. The van der Waals surface area contributed by atoms with Crippen LogP contribution in [0.25, 0.3) is 16.8 Å². The number of ether oxygens (including phenoxy) is 3. The first-order chi connectivity index (χ1) is 18.4. The van der Waals surface area contributed by atoms with E-state index >= 15 is 0 Å². The molecule has 0 spiro atoms. The molecule has 1 amide bonds. The van der Waals surface area contributed by atoms with Crippen molar-refractivity contribution in [3.05, 3.63) is 82.4 Å². The average molecular weight is 512 g/mol. The summed E-state index contributed by atoms with van der Waals surface area (Å²) in [6.07, 6.45) is 0.697. The van der Waals surface area contributed by atoms with Crippen molar-refractivity contribution < 1.29 is 28.9 Å². The van der Waals surface area contributed by atoms with Crippen molar-refractivity contribution in [2.45, 2.75) is 19.4 Å². The number of Topliss-reactive ketones (excluding diaryl/α,β-unsaturated/α-hetero) is 1. The second-order valence-electron chi connectivity index (χ2n) is 9.29. The molecule has 1 saturated heterocycles. The molecule has 2 N–H and O–H groups in total. The molecule has 0 bridgehead atoms. The second-order valence-corrected chi connectivity index (χ2v) is 9.29. The number of rotatable bonds is 5. The zero-order chi connectivity index (χ0) is 26.6. The SMILES string of the molecule is COc1ccc(C2/C(=C(\O)c3ccc4c(c3)CCO4)C(=O)C(=O)N2c2nc3ccc(C)cc3[nH]2)cc1OC. The van der Waals surface area contributed by atoms with Gasteiger partial charge < -0.3 is 24.3 Å². The first-order valence-corrected chi connectivity index (χ1v) is 12.1. The predicted octanol–water partition coefficient (Wildman–Crippen LogP) is 4.45. The normalized spacial score (nSPS) is 18.1. The molecule has 4 aromatic rings. The molecule has 192 valence electrons. The number of hydrogen-bond donors (Lipinski definition) is 2. The van der Waals surface area contributed by atoms with Crippen LogP contribution in [0.1, 0.15) is 28.3 Å². The van der Waals surface area contributed by atoms with E-state index in [4.69, 9.17) is 14.2 Å². The number of fused-ring (bicyclic) bond motifs is 2. The van der Waals surface area contributed by atoms with E-state index < -0.39 is 17.7 Å². The highest BCUT2D eigenvalue weighted by atomic mass is 16.5. The van der Waals surface area contributed by atoms with Crippen molar-refractivity contribution in [2.75, 3.05) is 25.7 Å². The van der Waals surface area contributed by atoms with Crippen LogP contribution in [0.15, 0.2) is 60.2 Å². The molecule has 0 aliphatic carbocycles. The highest BCUT2D eigenvalue weighted by Gasteiger charge is 2.48. The number of amides is 1. The number of carbonyl (C=O) groups excluding carboxylic acids is 2. The fraction of sp³-hybridized carbons (Fsp3) is 0.207. The van der Waals surface area contributed by atoms with Crippen molar-refractivity contribution in [3.63, 3.8) is 0 Å². The fourth-order valence-corrected chi connectivity index (χ4v) is 5.10. The minimum Gasteiger partial charge on any atom is -0.507 e. The van der Waals surface area contributed by atoms with Gasteiger partial charge in [0.15, 0.2) is 11.5 Å². The number of aryl methyl sites for hydroxylation is 1. The molecule has 3 heterocycles. The summed E-state index contributed by atoms with van der Waals surface area (Å²) >= 11 is 0. The van der Waals surface area contributed by atoms with Crippen LogP contribution in [0.5, 0.6) is 17.2 Å². The zero-order valence-electron chi connectivity index (χ0n) is 21.1. The van der Waals surface area contributed by atoms with Crippen LogP contribution in [0.4, 0.5) is 5.95 Å². The van der Waals surface area contributed by atoms with Gasteiger partial charge in [-0.25, -0.2) is 4.98 Å². The number of imidazole rings is 1. The molecule has 3 aromatic carbocycles. The second kappa shape index (κ2) is 8.95. The van der Waals surface area contributed by atoms with Gasteiger partial charge in [0.25, 0.3) is 5.78 Å². The van der Waals surface area contributed by atoms with Gasteiger partial charge in [0.05, 0.1) is 43.5 Å². The maximum atomic E-state index is 13.5. The van der Waals surface area contributed by atoms with E-state index in [1.807, 2.05) is 25.1 Å². The Bertz CT molecular complexity index is 1650. The number of aliphatic hydroxyl groups excluding tert-OH is 1. The molecule has 1 unspecified atom stereocenters. The molecule has 9 heteroatoms. The van der Waals surface area contributed by atoms with E-state index in [0.717, 1.165) is 22.4 Å². The van der Waals surface area contributed by atoms with Gasteiger partial charge in [0.2, 0.25) is 5.95 Å². The third kappa shape index (κ3) is 3.66. The summed E-state index contributed by atoms with van der Waals surface area (Å²) in [6, 6.07) is 15.1. The summed E-state index contributed by atoms with van der Waals surface area (Å²) < 4.78 is 16.5. The number of anilines is 1. The summed E-state index contributed by atoms with van der Waals surface area (Å²) in [7, 11) is 3.03. The van der Waals surface area contributed by atoms with Crippen molar-refractivity contribution in [1.29, 1.82) is 0 Å². The molecular formula is C29H25N3O6. The molecule has 1 aromatic heterocycles. The number of aromatic nitrogens is 2. The predicted molar refractivity (Wildman–Crippen MR) is 141 cm³/mol. The lowest BCUT2D eigenvalue weighted by molar-refractivity contribution is -0.132. The van der Waals surface area contributed by atoms with Crippen LogP contribution >= 0.6 is 0 Å². The van der Waals surface area contributed by atoms with E-state index in [1.54, 1.807) is 36.4 Å². The summed E-state index contributed by atoms with van der Waals surface area (Å²) in [5.74, 6) is -0.0176. The minimum atomic E-state index is -0.971. The molecule has 38 heavy (non-hydrogen) atoms. The van der Waals surface area contributed by atoms with Gasteiger partial charge in [-0.05, 0) is 66.1 Å². The molecule has 1 fully saturated rings. The number of ketones is 1. The van der Waals surface area contributed by atoms with Crippen molar-refractivity contribution in [2.24, 2.45) is 0 Å². The number of aromatic amines is 1. The number of methoxy groups -OCH3 is 2. The van der Waals surface area contributed by atoms with Gasteiger partial charge in [-0.15, -0.1) is 0 Å². The minimum absolute atomic E-state index is 0.0438. The molecule has 2 aliphatic heterocycles. The third-order valence-corrected chi connectivity index (χ3v) is 6.98. The topological polar surface area (TPSA) is 114 Å². The van der Waals surface area contributed by atoms with Gasteiger partial charge in [-0.1, -0.05) is 12.1 Å². The molecule has 0 saturated carbocycles. The Balaban J connectivity index is 1.56. The maximum absolute atomic E-state index is 13.5. The summed E-state index contributed by atoms with van der Waals surface area (Å²) in [5, 5.41) is 11.5. The molecule has 6 rings (SSSR count). The summed E-state index contributed by atoms with van der Waals surface area (Å²) in [5.41, 5.74) is 4.26. The zero-order valence-corrected chi connectivity index (χ0v) is 21.1. The standard InChI is InChI=1S/C29H25N3O6/c1-15-4-7-19-20(12-15)31-29(30-19)32-25(17-5-9-22(36-2)23(14-17)37-3)24(27(34)28(32)35)26(33)18-6-8-21-16(13-18)10-11-38-21/h4-9,12-14,25,33H,10-11H2,1-3H3,(H,30,31)/b26-24+. The lowest BCUT2D eigenvalue weighted by Crippen LogP contribution is -2.30. The first kappa shape index (κ1) is 23.6. The van der Waals surface area contributed by atoms with E-state index in [9.17, 15) is 14.7 Å². The van der Waals surface area contributed by atoms with Crippen LogP contribution in [0.2, 0.25) is 0 Å². The highest BCUT2D eigenvalue weighted by Crippen LogP contribution is 2.44. The van der Waals surface area contributed by atoms with Crippen molar-refractivity contribution >= 4 is 34.4 Å². The molecule has 2 aliphatic rings. The monoisotopic (exact) mass is 511 g/mol. The van der Waals surface area contributed by atoms with E-state index in [1.165, 1.54) is 19.1 Å². The Kier molecular flexibility index (Phi) is 5.56. The van der Waals surface area contributed by atoms with Gasteiger partial charge in [-0.2, -0.15) is 0 Å². The van der Waals surface area contributed by atoms with Crippen LogP contribution in [-0.2, 0) is 16.0 Å². The summed E-state index contributed by atoms with van der Waals surface area (Å²) in [6.45, 7) is 2.51. The van der Waals surface area contributed by atoms with Gasteiger partial charge in [-0.3, -0.25) is 14.5 Å². The van der Waals surface area contributed by atoms with Crippen molar-refractivity contribution in [1.82, 2.24) is 9.97 Å². The maximum Gasteiger partial charge on any atom is 0.302 e. The fourth-order valence-electron chi connectivity index (χ4n) is 5.10. The number of aliphatic hydroxyl groups is 1. The van der Waals surface area contributed by atoms with Gasteiger partial charge in [0.1, 0.15) is 11.5 Å². The quantitative estimate of drug-likeness (QED) is 0.231. The number of benzene rings is 3. The lowest BCUT2D eigenvalue weighted by atomic mass is 9.94. The Morgan fingerprint density at radius 2 is 1.87 bits per heavy atom. The van der Waals surface area contributed by atoms with Crippen LogP contribution in [-0.4, -0.2) is 47.6 Å². The lowest BCUT2D eigenvalue weighted by Gasteiger charge is -2.24. The average Bonchev–Trinajstić information content (AvgIpc) is 3.63. The van der Waals surface area contributed by atoms with Crippen molar-refractivity contribution in [3.8, 4) is 17.2 Å². The number of H-pyrrole nitrogens is 1.